The van der Waals surface area contributed by atoms with Gasteiger partial charge in [0.15, 0.2) is 0 Å². The van der Waals surface area contributed by atoms with Gasteiger partial charge in [0.25, 0.3) is 0 Å². The van der Waals surface area contributed by atoms with Crippen molar-refractivity contribution < 1.29 is 8.85 Å². The van der Waals surface area contributed by atoms with E-state index in [1.54, 1.807) is 0 Å². The van der Waals surface area contributed by atoms with Gasteiger partial charge in [-0.2, -0.15) is 0 Å². The zero-order valence-electron chi connectivity index (χ0n) is 19.1. The van der Waals surface area contributed by atoms with Crippen molar-refractivity contribution in [2.45, 2.75) is 137 Å². The standard InChI is InChI=1S/C23H50O2Si/c1-7-11-12-13-14-15-16-17-18-19-20-21-24-26(9-3,10-4)25-23(8-2)22(5)6/h22-23H,7-21H2,1-6H3. The summed E-state index contributed by atoms with van der Waals surface area (Å²) in [5.41, 5.74) is 0. The van der Waals surface area contributed by atoms with E-state index in [1.807, 2.05) is 0 Å². The highest BCUT2D eigenvalue weighted by molar-refractivity contribution is 6.67. The Morgan fingerprint density at radius 2 is 1.12 bits per heavy atom. The van der Waals surface area contributed by atoms with Crippen LogP contribution in [0, 0.1) is 5.92 Å². The van der Waals surface area contributed by atoms with E-state index in [4.69, 9.17) is 8.85 Å². The lowest BCUT2D eigenvalue weighted by Crippen LogP contribution is -2.45. The van der Waals surface area contributed by atoms with Crippen LogP contribution in [-0.4, -0.2) is 21.3 Å². The van der Waals surface area contributed by atoms with Gasteiger partial charge in [-0.1, -0.05) is 106 Å². The van der Waals surface area contributed by atoms with Crippen molar-refractivity contribution in [1.82, 2.24) is 0 Å². The molecule has 0 aliphatic carbocycles. The Bertz CT molecular complexity index is 290. The molecule has 2 nitrogen and oxygen atoms in total. The zero-order chi connectivity index (χ0) is 19.7. The predicted octanol–water partition coefficient (Wildman–Crippen LogP) is 8.25. The minimum atomic E-state index is -1.99. The lowest BCUT2D eigenvalue weighted by Gasteiger charge is -2.34. The highest BCUT2D eigenvalue weighted by Crippen LogP contribution is 2.25. The van der Waals surface area contributed by atoms with Crippen LogP contribution < -0.4 is 0 Å². The molecule has 0 rings (SSSR count). The zero-order valence-corrected chi connectivity index (χ0v) is 20.1. The largest absolute Gasteiger partial charge is 0.394 e. The molecule has 3 heteroatoms. The molecule has 0 saturated carbocycles. The topological polar surface area (TPSA) is 18.5 Å². The predicted molar refractivity (Wildman–Crippen MR) is 119 cm³/mol. The molecule has 0 heterocycles. The molecular formula is C23H50O2Si. The Kier molecular flexibility index (Phi) is 17.3. The number of rotatable bonds is 19. The fourth-order valence-electron chi connectivity index (χ4n) is 3.65. The summed E-state index contributed by atoms with van der Waals surface area (Å²) in [6.07, 6.45) is 16.7. The van der Waals surface area contributed by atoms with Gasteiger partial charge in [0, 0.05) is 12.7 Å². The van der Waals surface area contributed by atoms with E-state index in [2.05, 4.69) is 41.5 Å². The van der Waals surface area contributed by atoms with Crippen LogP contribution in [0.2, 0.25) is 12.1 Å². The van der Waals surface area contributed by atoms with Gasteiger partial charge in [-0.25, -0.2) is 0 Å². The van der Waals surface area contributed by atoms with Gasteiger partial charge in [0.05, 0.1) is 0 Å². The first-order valence-corrected chi connectivity index (χ1v) is 14.1. The molecule has 26 heavy (non-hydrogen) atoms. The summed E-state index contributed by atoms with van der Waals surface area (Å²) < 4.78 is 13.0. The highest BCUT2D eigenvalue weighted by Gasteiger charge is 2.36. The molecular weight excluding hydrogens is 336 g/mol. The lowest BCUT2D eigenvalue weighted by molar-refractivity contribution is 0.0788. The summed E-state index contributed by atoms with van der Waals surface area (Å²) in [6, 6.07) is 2.15. The van der Waals surface area contributed by atoms with Crippen molar-refractivity contribution in [2.24, 2.45) is 5.92 Å². The van der Waals surface area contributed by atoms with Crippen molar-refractivity contribution in [2.75, 3.05) is 6.61 Å². The smallest absolute Gasteiger partial charge is 0.337 e. The lowest BCUT2D eigenvalue weighted by atomic mass is 10.1. The Morgan fingerprint density at radius 1 is 0.654 bits per heavy atom. The third-order valence-corrected chi connectivity index (χ3v) is 9.32. The van der Waals surface area contributed by atoms with Crippen LogP contribution in [0.25, 0.3) is 0 Å². The maximum atomic E-state index is 6.56. The first-order chi connectivity index (χ1) is 12.5. The van der Waals surface area contributed by atoms with E-state index < -0.39 is 8.56 Å². The summed E-state index contributed by atoms with van der Waals surface area (Å²) in [5.74, 6) is 0.579. The van der Waals surface area contributed by atoms with Gasteiger partial charge in [0.2, 0.25) is 0 Å². The second kappa shape index (κ2) is 17.2. The number of hydrogen-bond acceptors (Lipinski definition) is 2. The molecule has 0 saturated heterocycles. The maximum Gasteiger partial charge on any atom is 0.337 e. The molecule has 0 spiro atoms. The average Bonchev–Trinajstić information content (AvgIpc) is 2.65. The summed E-state index contributed by atoms with van der Waals surface area (Å²) in [6.45, 7) is 14.5. The van der Waals surface area contributed by atoms with Crippen LogP contribution in [0.5, 0.6) is 0 Å². The molecule has 0 radical (unpaired) electrons. The van der Waals surface area contributed by atoms with Gasteiger partial charge in [-0.05, 0) is 30.8 Å². The third kappa shape index (κ3) is 12.5. The van der Waals surface area contributed by atoms with Crippen molar-refractivity contribution in [3.8, 4) is 0 Å². The third-order valence-electron chi connectivity index (χ3n) is 5.70. The molecule has 0 N–H and O–H groups in total. The Balaban J connectivity index is 3.80. The Labute approximate surface area is 167 Å². The molecule has 158 valence electrons. The molecule has 0 aromatic heterocycles. The Hall–Kier alpha value is 0.137. The van der Waals surface area contributed by atoms with Crippen LogP contribution in [0.15, 0.2) is 0 Å². The summed E-state index contributed by atoms with van der Waals surface area (Å²) in [4.78, 5) is 0. The molecule has 0 amide bonds. The maximum absolute atomic E-state index is 6.56. The minimum absolute atomic E-state index is 0.360. The van der Waals surface area contributed by atoms with Gasteiger partial charge >= 0.3 is 8.56 Å². The summed E-state index contributed by atoms with van der Waals surface area (Å²) >= 11 is 0. The van der Waals surface area contributed by atoms with Gasteiger partial charge < -0.3 is 8.85 Å². The molecule has 0 aliphatic rings. The first-order valence-electron chi connectivity index (χ1n) is 11.9. The van der Waals surface area contributed by atoms with Crippen LogP contribution in [0.1, 0.15) is 119 Å². The molecule has 0 aromatic carbocycles. The molecule has 0 aromatic rings. The van der Waals surface area contributed by atoms with Crippen molar-refractivity contribution in [3.05, 3.63) is 0 Å². The second-order valence-electron chi connectivity index (χ2n) is 8.31. The fraction of sp³-hybridized carbons (Fsp3) is 1.00. The van der Waals surface area contributed by atoms with Crippen LogP contribution in [0.3, 0.4) is 0 Å². The van der Waals surface area contributed by atoms with Crippen LogP contribution in [0.4, 0.5) is 0 Å². The Morgan fingerprint density at radius 3 is 1.50 bits per heavy atom. The van der Waals surface area contributed by atoms with E-state index in [0.717, 1.165) is 25.1 Å². The summed E-state index contributed by atoms with van der Waals surface area (Å²) in [5, 5.41) is 0. The van der Waals surface area contributed by atoms with Crippen molar-refractivity contribution >= 4 is 8.56 Å². The molecule has 0 aliphatic heterocycles. The SMILES string of the molecule is CCCCCCCCCCCCCO[Si](CC)(CC)OC(CC)C(C)C. The van der Waals surface area contributed by atoms with Crippen LogP contribution in [-0.2, 0) is 8.85 Å². The van der Waals surface area contributed by atoms with E-state index in [-0.39, 0.29) is 0 Å². The van der Waals surface area contributed by atoms with E-state index in [9.17, 15) is 0 Å². The quantitative estimate of drug-likeness (QED) is 0.164. The first kappa shape index (κ1) is 26.1. The van der Waals surface area contributed by atoms with Crippen molar-refractivity contribution in [3.63, 3.8) is 0 Å². The molecule has 0 fully saturated rings. The van der Waals surface area contributed by atoms with Gasteiger partial charge in [0.1, 0.15) is 0 Å². The number of hydrogen-bond donors (Lipinski definition) is 0. The van der Waals surface area contributed by atoms with Gasteiger partial charge in [-0.3, -0.25) is 0 Å². The number of unbranched alkanes of at least 4 members (excludes halogenated alkanes) is 10. The van der Waals surface area contributed by atoms with E-state index in [0.29, 0.717) is 12.0 Å². The van der Waals surface area contributed by atoms with E-state index in [1.165, 1.54) is 70.6 Å². The van der Waals surface area contributed by atoms with Crippen molar-refractivity contribution in [1.29, 1.82) is 0 Å². The monoisotopic (exact) mass is 386 g/mol. The van der Waals surface area contributed by atoms with Crippen LogP contribution >= 0.6 is 0 Å². The normalized spacial score (nSPS) is 13.5. The minimum Gasteiger partial charge on any atom is -0.394 e. The fourth-order valence-corrected chi connectivity index (χ4v) is 6.46. The highest BCUT2D eigenvalue weighted by atomic mass is 28.4. The molecule has 0 bridgehead atoms. The van der Waals surface area contributed by atoms with Gasteiger partial charge in [-0.15, -0.1) is 0 Å². The molecule has 1 unspecified atom stereocenters. The summed E-state index contributed by atoms with van der Waals surface area (Å²) in [7, 11) is -1.99. The van der Waals surface area contributed by atoms with E-state index >= 15 is 0 Å². The molecule has 1 atom stereocenters. The second-order valence-corrected chi connectivity index (χ2v) is 12.1. The average molecular weight is 387 g/mol.